The second-order valence-corrected chi connectivity index (χ2v) is 13.1. The Hall–Kier alpha value is -3.21. The van der Waals surface area contributed by atoms with Crippen LogP contribution in [0.2, 0.25) is 0 Å². The molecule has 2 aromatic rings. The molecule has 0 saturated heterocycles. The maximum atomic E-state index is 14.1. The number of fused-ring (bicyclic) bond motifs is 1. The normalized spacial score (nSPS) is 11.9. The number of aryl methyl sites for hydroxylation is 1. The largest absolute Gasteiger partial charge is 0.494 e. The third kappa shape index (κ3) is 14.5. The first-order chi connectivity index (χ1) is 22.2. The highest BCUT2D eigenvalue weighted by Gasteiger charge is 2.20. The molecule has 0 aliphatic carbocycles. The molecule has 2 rings (SSSR count). The summed E-state index contributed by atoms with van der Waals surface area (Å²) in [7, 11) is 0. The molecule has 5 heteroatoms. The van der Waals surface area contributed by atoms with Gasteiger partial charge in [0.05, 0.1) is 12.1 Å². The summed E-state index contributed by atoms with van der Waals surface area (Å²) < 4.78 is 20.7. The minimum absolute atomic E-state index is 0.149. The maximum absolute atomic E-state index is 14.1. The summed E-state index contributed by atoms with van der Waals surface area (Å²) in [6.45, 7) is 19.1. The molecule has 0 bridgehead atoms. The number of hydrogen-bond donors (Lipinski definition) is 0. The zero-order valence-corrected chi connectivity index (χ0v) is 30.4. The van der Waals surface area contributed by atoms with E-state index in [1.807, 2.05) is 22.8 Å². The molecule has 0 atom stereocenters. The van der Waals surface area contributed by atoms with Gasteiger partial charge in [-0.1, -0.05) is 86.8 Å². The third-order valence-corrected chi connectivity index (χ3v) is 8.15. The molecule has 0 saturated carbocycles. The molecule has 0 radical (unpaired) electrons. The van der Waals surface area contributed by atoms with Crippen molar-refractivity contribution in [3.05, 3.63) is 75.1 Å². The van der Waals surface area contributed by atoms with E-state index in [-0.39, 0.29) is 11.3 Å². The highest BCUT2D eigenvalue weighted by Crippen LogP contribution is 2.35. The quantitative estimate of drug-likeness (QED) is 0.0902. The molecular formula is C41H63NO4. The van der Waals surface area contributed by atoms with Crippen molar-refractivity contribution in [1.82, 2.24) is 4.57 Å². The minimum atomic E-state index is -0.149. The van der Waals surface area contributed by atoms with Crippen LogP contribution in [-0.4, -0.2) is 24.4 Å². The van der Waals surface area contributed by atoms with Gasteiger partial charge in [0.1, 0.15) is 19.0 Å². The van der Waals surface area contributed by atoms with Gasteiger partial charge in [0, 0.05) is 18.0 Å². The number of aromatic nitrogens is 1. The Bertz CT molecular complexity index is 1370. The van der Waals surface area contributed by atoms with Crippen LogP contribution in [0.15, 0.2) is 69.6 Å². The standard InChI is InChI=1S/C41H63NO4/c1-9-11-13-14-15-16-28-44-36-23-24-37-38(31-36)42(27-12-10-2)41(43)40(46-30-26-35(8)22-18-20-33(5)6)39(37)45-29-25-34(7)21-17-19-32(3)4/h19-20,23-26,31H,9-18,21-22,27-30H2,1-8H3/b34-25+,35-26+. The van der Waals surface area contributed by atoms with Gasteiger partial charge >= 0.3 is 0 Å². The summed E-state index contributed by atoms with van der Waals surface area (Å²) in [4.78, 5) is 14.1. The van der Waals surface area contributed by atoms with E-state index in [4.69, 9.17) is 14.2 Å². The molecule has 0 spiro atoms. The molecule has 256 valence electrons. The van der Waals surface area contributed by atoms with E-state index in [1.54, 1.807) is 0 Å². The number of rotatable bonds is 23. The fraction of sp³-hybridized carbons (Fsp3) is 0.585. The van der Waals surface area contributed by atoms with Gasteiger partial charge in [-0.15, -0.1) is 0 Å². The Morgan fingerprint density at radius 1 is 0.674 bits per heavy atom. The summed E-state index contributed by atoms with van der Waals surface area (Å²) in [5.41, 5.74) is 5.85. The Labute approximate surface area is 280 Å². The average Bonchev–Trinajstić information content (AvgIpc) is 3.01. The highest BCUT2D eigenvalue weighted by atomic mass is 16.5. The first-order valence-corrected chi connectivity index (χ1v) is 17.8. The average molecular weight is 634 g/mol. The highest BCUT2D eigenvalue weighted by molar-refractivity contribution is 5.89. The summed E-state index contributed by atoms with van der Waals surface area (Å²) in [5, 5.41) is 0.873. The SMILES string of the molecule is CCCCCCCCOc1ccc2c(OC/C=C(\C)CCC=C(C)C)c(OC/C=C(\C)CCC=C(C)C)c(=O)n(CCCC)c2c1. The van der Waals surface area contributed by atoms with Crippen molar-refractivity contribution >= 4 is 10.9 Å². The molecule has 1 aromatic heterocycles. The number of pyridine rings is 1. The van der Waals surface area contributed by atoms with Gasteiger partial charge in [0.15, 0.2) is 5.75 Å². The second kappa shape index (κ2) is 22.3. The summed E-state index contributed by atoms with van der Waals surface area (Å²) in [6, 6.07) is 6.04. The molecule has 5 nitrogen and oxygen atoms in total. The molecule has 0 aliphatic rings. The zero-order chi connectivity index (χ0) is 33.7. The number of allylic oxidation sites excluding steroid dienone is 6. The van der Waals surface area contributed by atoms with Crippen LogP contribution in [0.4, 0.5) is 0 Å². The van der Waals surface area contributed by atoms with Gasteiger partial charge < -0.3 is 18.8 Å². The van der Waals surface area contributed by atoms with Crippen LogP contribution in [0.3, 0.4) is 0 Å². The summed E-state index contributed by atoms with van der Waals surface area (Å²) in [5.74, 6) is 1.59. The molecule has 0 amide bonds. The molecule has 0 aliphatic heterocycles. The first-order valence-electron chi connectivity index (χ1n) is 17.8. The van der Waals surface area contributed by atoms with Gasteiger partial charge in [-0.2, -0.15) is 0 Å². The lowest BCUT2D eigenvalue weighted by molar-refractivity contribution is 0.301. The third-order valence-electron chi connectivity index (χ3n) is 8.15. The number of ether oxygens (including phenoxy) is 3. The Kier molecular flexibility index (Phi) is 18.9. The van der Waals surface area contributed by atoms with Crippen LogP contribution in [0.5, 0.6) is 17.2 Å². The van der Waals surface area contributed by atoms with Gasteiger partial charge in [-0.25, -0.2) is 0 Å². The molecule has 0 N–H and O–H groups in total. The molecular weight excluding hydrogens is 570 g/mol. The van der Waals surface area contributed by atoms with E-state index in [9.17, 15) is 4.79 Å². The predicted molar refractivity (Wildman–Crippen MR) is 198 cm³/mol. The van der Waals surface area contributed by atoms with Crippen LogP contribution < -0.4 is 19.8 Å². The van der Waals surface area contributed by atoms with Gasteiger partial charge in [0.2, 0.25) is 5.75 Å². The van der Waals surface area contributed by atoms with Gasteiger partial charge in [-0.05, 0) is 104 Å². The molecule has 0 fully saturated rings. The lowest BCUT2D eigenvalue weighted by Crippen LogP contribution is -2.24. The smallest absolute Gasteiger partial charge is 0.297 e. The topological polar surface area (TPSA) is 49.7 Å². The van der Waals surface area contributed by atoms with E-state index in [0.29, 0.717) is 32.1 Å². The van der Waals surface area contributed by atoms with Crippen molar-refractivity contribution < 1.29 is 14.2 Å². The van der Waals surface area contributed by atoms with Crippen molar-refractivity contribution in [3.8, 4) is 17.2 Å². The van der Waals surface area contributed by atoms with Crippen molar-refractivity contribution in [2.75, 3.05) is 19.8 Å². The fourth-order valence-electron chi connectivity index (χ4n) is 5.26. The van der Waals surface area contributed by atoms with Crippen molar-refractivity contribution in [2.24, 2.45) is 0 Å². The van der Waals surface area contributed by atoms with E-state index in [2.05, 4.69) is 79.7 Å². The van der Waals surface area contributed by atoms with Crippen LogP contribution in [0, 0.1) is 0 Å². The number of unbranched alkanes of at least 4 members (excludes halogenated alkanes) is 6. The van der Waals surface area contributed by atoms with Crippen molar-refractivity contribution in [1.29, 1.82) is 0 Å². The minimum Gasteiger partial charge on any atom is -0.494 e. The van der Waals surface area contributed by atoms with Crippen LogP contribution in [0.25, 0.3) is 10.9 Å². The van der Waals surface area contributed by atoms with Crippen LogP contribution in [-0.2, 0) is 6.54 Å². The predicted octanol–water partition coefficient (Wildman–Crippen LogP) is 11.7. The van der Waals surface area contributed by atoms with E-state index < -0.39 is 0 Å². The molecule has 1 heterocycles. The van der Waals surface area contributed by atoms with Crippen molar-refractivity contribution in [3.63, 3.8) is 0 Å². The van der Waals surface area contributed by atoms with E-state index in [1.165, 1.54) is 54.4 Å². The lowest BCUT2D eigenvalue weighted by atomic mass is 10.1. The Balaban J connectivity index is 2.42. The summed E-state index contributed by atoms with van der Waals surface area (Å²) >= 11 is 0. The first kappa shape index (κ1) is 39.0. The monoisotopic (exact) mass is 633 g/mol. The molecule has 1 aromatic carbocycles. The van der Waals surface area contributed by atoms with Crippen LogP contribution >= 0.6 is 0 Å². The van der Waals surface area contributed by atoms with E-state index >= 15 is 0 Å². The number of hydrogen-bond acceptors (Lipinski definition) is 4. The van der Waals surface area contributed by atoms with Gasteiger partial charge in [-0.3, -0.25) is 4.79 Å². The van der Waals surface area contributed by atoms with Crippen molar-refractivity contribution in [2.45, 2.75) is 139 Å². The van der Waals surface area contributed by atoms with E-state index in [0.717, 1.165) is 61.6 Å². The van der Waals surface area contributed by atoms with Gasteiger partial charge in [0.25, 0.3) is 5.56 Å². The number of benzene rings is 1. The Morgan fingerprint density at radius 3 is 1.83 bits per heavy atom. The van der Waals surface area contributed by atoms with Crippen LogP contribution in [0.1, 0.15) is 132 Å². The lowest BCUT2D eigenvalue weighted by Gasteiger charge is -2.19. The Morgan fingerprint density at radius 2 is 1.24 bits per heavy atom. The zero-order valence-electron chi connectivity index (χ0n) is 30.4. The fourth-order valence-corrected chi connectivity index (χ4v) is 5.26. The molecule has 46 heavy (non-hydrogen) atoms. The summed E-state index contributed by atoms with van der Waals surface area (Å²) in [6.07, 6.45) is 21.9. The maximum Gasteiger partial charge on any atom is 0.297 e. The molecule has 0 unspecified atom stereocenters. The second-order valence-electron chi connectivity index (χ2n) is 13.1. The number of nitrogens with zero attached hydrogens (tertiary/aromatic N) is 1.